The molecule has 0 amide bonds. The molecule has 0 atom stereocenters. The van der Waals surface area contributed by atoms with Crippen LogP contribution in [-0.2, 0) is 5.75 Å². The van der Waals surface area contributed by atoms with E-state index >= 15 is 0 Å². The number of nitrogens with two attached hydrogens (primary N) is 1. The summed E-state index contributed by atoms with van der Waals surface area (Å²) in [6.07, 6.45) is 0. The Bertz CT molecular complexity index is 505. The van der Waals surface area contributed by atoms with Gasteiger partial charge < -0.3 is 5.73 Å². The molecule has 2 N–H and O–H groups in total. The third-order valence-corrected chi connectivity index (χ3v) is 3.55. The first kappa shape index (κ1) is 12.0. The smallest absolute Gasteiger partial charge is 0.129 e. The SMILES string of the molecule is Cc1cccc(SCc2c(N)cccc2F)c1. The summed E-state index contributed by atoms with van der Waals surface area (Å²) in [6, 6.07) is 13.0. The van der Waals surface area contributed by atoms with Crippen molar-refractivity contribution >= 4 is 17.4 Å². The van der Waals surface area contributed by atoms with Gasteiger partial charge in [-0.3, -0.25) is 0 Å². The van der Waals surface area contributed by atoms with Crippen LogP contribution in [0.2, 0.25) is 0 Å². The minimum Gasteiger partial charge on any atom is -0.398 e. The van der Waals surface area contributed by atoms with E-state index in [0.29, 0.717) is 17.0 Å². The molecule has 88 valence electrons. The van der Waals surface area contributed by atoms with Gasteiger partial charge in [-0.15, -0.1) is 11.8 Å². The maximum atomic E-state index is 13.5. The number of aryl methyl sites for hydroxylation is 1. The molecule has 0 saturated carbocycles. The van der Waals surface area contributed by atoms with Crippen molar-refractivity contribution in [3.63, 3.8) is 0 Å². The van der Waals surface area contributed by atoms with Crippen molar-refractivity contribution in [1.82, 2.24) is 0 Å². The van der Waals surface area contributed by atoms with Gasteiger partial charge in [0.05, 0.1) is 0 Å². The highest BCUT2D eigenvalue weighted by atomic mass is 32.2. The number of rotatable bonds is 3. The fraction of sp³-hybridized carbons (Fsp3) is 0.143. The van der Waals surface area contributed by atoms with Gasteiger partial charge in [0, 0.05) is 21.9 Å². The molecule has 0 radical (unpaired) electrons. The number of anilines is 1. The van der Waals surface area contributed by atoms with E-state index in [2.05, 4.69) is 6.07 Å². The predicted octanol–water partition coefficient (Wildman–Crippen LogP) is 4.01. The Balaban J connectivity index is 2.13. The molecule has 0 aliphatic carbocycles. The number of thioether (sulfide) groups is 1. The molecule has 0 spiro atoms. The first-order valence-corrected chi connectivity index (χ1v) is 6.37. The molecular formula is C14H14FNS. The van der Waals surface area contributed by atoms with Gasteiger partial charge in [-0.05, 0) is 31.2 Å². The van der Waals surface area contributed by atoms with Gasteiger partial charge in [0.1, 0.15) is 5.82 Å². The Morgan fingerprint density at radius 1 is 1.18 bits per heavy atom. The van der Waals surface area contributed by atoms with Gasteiger partial charge in [0.25, 0.3) is 0 Å². The van der Waals surface area contributed by atoms with E-state index in [1.165, 1.54) is 11.6 Å². The summed E-state index contributed by atoms with van der Waals surface area (Å²) >= 11 is 1.60. The Morgan fingerprint density at radius 2 is 1.94 bits per heavy atom. The lowest BCUT2D eigenvalue weighted by Gasteiger charge is -2.07. The minimum absolute atomic E-state index is 0.231. The molecule has 3 heteroatoms. The summed E-state index contributed by atoms with van der Waals surface area (Å²) < 4.78 is 13.5. The predicted molar refractivity (Wildman–Crippen MR) is 71.6 cm³/mol. The van der Waals surface area contributed by atoms with Crippen LogP contribution in [0.5, 0.6) is 0 Å². The van der Waals surface area contributed by atoms with Crippen molar-refractivity contribution < 1.29 is 4.39 Å². The summed E-state index contributed by atoms with van der Waals surface area (Å²) in [6.45, 7) is 2.04. The number of nitrogen functional groups attached to an aromatic ring is 1. The van der Waals surface area contributed by atoms with Crippen molar-refractivity contribution in [2.45, 2.75) is 17.6 Å². The fourth-order valence-corrected chi connectivity index (χ4v) is 2.65. The highest BCUT2D eigenvalue weighted by molar-refractivity contribution is 7.98. The summed E-state index contributed by atoms with van der Waals surface area (Å²) in [5, 5.41) is 0. The summed E-state index contributed by atoms with van der Waals surface area (Å²) in [5.74, 6) is 0.326. The van der Waals surface area contributed by atoms with Crippen LogP contribution in [0.1, 0.15) is 11.1 Å². The lowest BCUT2D eigenvalue weighted by Crippen LogP contribution is -1.96. The molecule has 0 fully saturated rings. The summed E-state index contributed by atoms with van der Waals surface area (Å²) in [7, 11) is 0. The Hall–Kier alpha value is -1.48. The fourth-order valence-electron chi connectivity index (χ4n) is 1.59. The van der Waals surface area contributed by atoms with Crippen LogP contribution in [-0.4, -0.2) is 0 Å². The normalized spacial score (nSPS) is 10.5. The molecule has 0 aliphatic rings. The molecule has 1 nitrogen and oxygen atoms in total. The molecule has 0 bridgehead atoms. The zero-order chi connectivity index (χ0) is 12.3. The van der Waals surface area contributed by atoms with E-state index in [-0.39, 0.29) is 5.82 Å². The van der Waals surface area contributed by atoms with Crippen LogP contribution in [0, 0.1) is 12.7 Å². The zero-order valence-corrected chi connectivity index (χ0v) is 10.4. The van der Waals surface area contributed by atoms with Crippen LogP contribution in [0.3, 0.4) is 0 Å². The van der Waals surface area contributed by atoms with Gasteiger partial charge in [-0.1, -0.05) is 23.8 Å². The van der Waals surface area contributed by atoms with Gasteiger partial charge >= 0.3 is 0 Å². The standard InChI is InChI=1S/C14H14FNS/c1-10-4-2-5-11(8-10)17-9-12-13(15)6-3-7-14(12)16/h2-8H,9,16H2,1H3. The molecule has 0 heterocycles. The number of benzene rings is 2. The number of hydrogen-bond donors (Lipinski definition) is 1. The Labute approximate surface area is 105 Å². The largest absolute Gasteiger partial charge is 0.398 e. The van der Waals surface area contributed by atoms with Crippen molar-refractivity contribution in [3.05, 3.63) is 59.4 Å². The monoisotopic (exact) mass is 247 g/mol. The maximum absolute atomic E-state index is 13.5. The Morgan fingerprint density at radius 3 is 2.65 bits per heavy atom. The van der Waals surface area contributed by atoms with E-state index in [0.717, 1.165) is 4.90 Å². The van der Waals surface area contributed by atoms with E-state index in [1.54, 1.807) is 23.9 Å². The molecular weight excluding hydrogens is 233 g/mol. The van der Waals surface area contributed by atoms with E-state index in [4.69, 9.17) is 5.73 Å². The second kappa shape index (κ2) is 5.23. The van der Waals surface area contributed by atoms with Crippen LogP contribution in [0.15, 0.2) is 47.4 Å². The summed E-state index contributed by atoms with van der Waals surface area (Å²) in [5.41, 5.74) is 8.07. The van der Waals surface area contributed by atoms with Crippen molar-refractivity contribution in [2.24, 2.45) is 0 Å². The van der Waals surface area contributed by atoms with Gasteiger partial charge in [-0.25, -0.2) is 4.39 Å². The molecule has 0 aromatic heterocycles. The Kier molecular flexibility index (Phi) is 3.69. The van der Waals surface area contributed by atoms with Crippen LogP contribution < -0.4 is 5.73 Å². The highest BCUT2D eigenvalue weighted by Crippen LogP contribution is 2.27. The number of halogens is 1. The van der Waals surface area contributed by atoms with Gasteiger partial charge in [0.2, 0.25) is 0 Å². The summed E-state index contributed by atoms with van der Waals surface area (Å²) in [4.78, 5) is 1.13. The van der Waals surface area contributed by atoms with E-state index in [9.17, 15) is 4.39 Å². The lowest BCUT2D eigenvalue weighted by atomic mass is 10.2. The molecule has 0 unspecified atom stereocenters. The van der Waals surface area contributed by atoms with Crippen LogP contribution in [0.25, 0.3) is 0 Å². The topological polar surface area (TPSA) is 26.0 Å². The third-order valence-electron chi connectivity index (χ3n) is 2.53. The molecule has 17 heavy (non-hydrogen) atoms. The zero-order valence-electron chi connectivity index (χ0n) is 9.61. The van der Waals surface area contributed by atoms with Crippen molar-refractivity contribution in [2.75, 3.05) is 5.73 Å². The number of hydrogen-bond acceptors (Lipinski definition) is 2. The maximum Gasteiger partial charge on any atom is 0.129 e. The minimum atomic E-state index is -0.231. The highest BCUT2D eigenvalue weighted by Gasteiger charge is 2.06. The molecule has 2 aromatic carbocycles. The molecule has 0 aliphatic heterocycles. The van der Waals surface area contributed by atoms with Gasteiger partial charge in [0.15, 0.2) is 0 Å². The second-order valence-electron chi connectivity index (χ2n) is 3.91. The van der Waals surface area contributed by atoms with Crippen LogP contribution >= 0.6 is 11.8 Å². The van der Waals surface area contributed by atoms with Crippen LogP contribution in [0.4, 0.5) is 10.1 Å². The molecule has 2 aromatic rings. The first-order chi connectivity index (χ1) is 8.16. The molecule has 2 rings (SSSR count). The quantitative estimate of drug-likeness (QED) is 0.655. The first-order valence-electron chi connectivity index (χ1n) is 5.39. The van der Waals surface area contributed by atoms with Crippen molar-refractivity contribution in [3.8, 4) is 0 Å². The second-order valence-corrected chi connectivity index (χ2v) is 4.96. The van der Waals surface area contributed by atoms with E-state index < -0.39 is 0 Å². The third kappa shape index (κ3) is 3.01. The molecule has 0 saturated heterocycles. The van der Waals surface area contributed by atoms with E-state index in [1.807, 2.05) is 25.1 Å². The van der Waals surface area contributed by atoms with Crippen molar-refractivity contribution in [1.29, 1.82) is 0 Å². The van der Waals surface area contributed by atoms with Gasteiger partial charge in [-0.2, -0.15) is 0 Å². The average Bonchev–Trinajstić information content (AvgIpc) is 2.28. The average molecular weight is 247 g/mol. The lowest BCUT2D eigenvalue weighted by molar-refractivity contribution is 0.618.